The largest absolute Gasteiger partial charge is 0.494 e. The Morgan fingerprint density at radius 1 is 1.18 bits per heavy atom. The Balaban J connectivity index is 1.30. The molecule has 4 rings (SSSR count). The van der Waals surface area contributed by atoms with Crippen molar-refractivity contribution in [3.8, 4) is 5.75 Å². The van der Waals surface area contributed by atoms with Gasteiger partial charge in [0.2, 0.25) is 10.0 Å². The van der Waals surface area contributed by atoms with Crippen molar-refractivity contribution in [2.24, 2.45) is 5.16 Å². The van der Waals surface area contributed by atoms with Gasteiger partial charge in [0, 0.05) is 19.5 Å². The standard InChI is InChI=1S/C24H30FN5O7S/c1-14-28-18(9-20(29-14)24(31)26-11-15-4-5-17(25)21(8-15)34-2)19-10-22(37-30-19)23-13-35-16(12-36-23)6-7-27-38(3,32)33/h4-5,8-9,16,22-23,27H,6-7,10-13H2,1-3H3,(H,26,31)/t16-,22+,23-/m1/s1. The van der Waals surface area contributed by atoms with Gasteiger partial charge >= 0.3 is 0 Å². The third-order valence-corrected chi connectivity index (χ3v) is 6.69. The molecule has 38 heavy (non-hydrogen) atoms. The first-order chi connectivity index (χ1) is 18.1. The van der Waals surface area contributed by atoms with Gasteiger partial charge in [-0.15, -0.1) is 0 Å². The molecule has 2 aliphatic rings. The number of oxime groups is 1. The fourth-order valence-corrected chi connectivity index (χ4v) is 4.50. The van der Waals surface area contributed by atoms with E-state index in [1.807, 2.05) is 0 Å². The highest BCUT2D eigenvalue weighted by molar-refractivity contribution is 7.88. The molecule has 0 saturated carbocycles. The fourth-order valence-electron chi connectivity index (χ4n) is 4.01. The zero-order valence-electron chi connectivity index (χ0n) is 21.3. The number of nitrogens with zero attached hydrogens (tertiary/aromatic N) is 3. The second-order valence-electron chi connectivity index (χ2n) is 9.01. The Bertz CT molecular complexity index is 1300. The van der Waals surface area contributed by atoms with Crippen LogP contribution in [-0.2, 0) is 30.9 Å². The molecule has 3 heterocycles. The third-order valence-electron chi connectivity index (χ3n) is 5.97. The molecule has 206 valence electrons. The molecule has 1 amide bonds. The average molecular weight is 552 g/mol. The average Bonchev–Trinajstić information content (AvgIpc) is 3.38. The first-order valence-electron chi connectivity index (χ1n) is 12.0. The number of hydrogen-bond acceptors (Lipinski definition) is 10. The number of carbonyl (C=O) groups is 1. The van der Waals surface area contributed by atoms with Crippen LogP contribution in [0.5, 0.6) is 5.75 Å². The molecule has 1 aromatic carbocycles. The van der Waals surface area contributed by atoms with Gasteiger partial charge in [0.05, 0.1) is 38.4 Å². The van der Waals surface area contributed by atoms with E-state index in [1.54, 1.807) is 19.1 Å². The number of nitrogens with one attached hydrogen (secondary N) is 2. The van der Waals surface area contributed by atoms with Crippen molar-refractivity contribution < 1.29 is 36.7 Å². The second-order valence-corrected chi connectivity index (χ2v) is 10.8. The van der Waals surface area contributed by atoms with Gasteiger partial charge in [0.25, 0.3) is 5.91 Å². The van der Waals surface area contributed by atoms with Crippen LogP contribution in [0.3, 0.4) is 0 Å². The molecule has 0 aliphatic carbocycles. The number of benzene rings is 1. The molecule has 1 saturated heterocycles. The van der Waals surface area contributed by atoms with Gasteiger partial charge in [0.1, 0.15) is 23.3 Å². The van der Waals surface area contributed by atoms with Crippen LogP contribution in [0.1, 0.15) is 40.4 Å². The van der Waals surface area contributed by atoms with E-state index in [-0.39, 0.29) is 49.5 Å². The Hall–Kier alpha value is -3.20. The van der Waals surface area contributed by atoms with Crippen LogP contribution in [0.15, 0.2) is 29.4 Å². The molecule has 0 unspecified atom stereocenters. The summed E-state index contributed by atoms with van der Waals surface area (Å²) >= 11 is 0. The van der Waals surface area contributed by atoms with E-state index in [0.717, 1.165) is 6.26 Å². The summed E-state index contributed by atoms with van der Waals surface area (Å²) in [6, 6.07) is 5.90. The lowest BCUT2D eigenvalue weighted by Crippen LogP contribution is -2.43. The topological polar surface area (TPSA) is 150 Å². The van der Waals surface area contributed by atoms with Crippen molar-refractivity contribution >= 4 is 21.6 Å². The second kappa shape index (κ2) is 12.1. The molecule has 12 nitrogen and oxygen atoms in total. The number of hydrogen-bond donors (Lipinski definition) is 2. The molecular formula is C24H30FN5O7S. The number of halogens is 1. The number of methoxy groups -OCH3 is 1. The van der Waals surface area contributed by atoms with Gasteiger partial charge in [-0.1, -0.05) is 11.2 Å². The van der Waals surface area contributed by atoms with Crippen LogP contribution in [-0.4, -0.2) is 81.4 Å². The van der Waals surface area contributed by atoms with E-state index in [9.17, 15) is 17.6 Å². The van der Waals surface area contributed by atoms with Crippen LogP contribution < -0.4 is 14.8 Å². The van der Waals surface area contributed by atoms with Crippen molar-refractivity contribution in [2.45, 2.75) is 44.6 Å². The normalized spacial score (nSPS) is 21.5. The molecule has 0 spiro atoms. The van der Waals surface area contributed by atoms with Gasteiger partial charge in [0.15, 0.2) is 17.7 Å². The number of rotatable bonds is 10. The summed E-state index contributed by atoms with van der Waals surface area (Å²) < 4.78 is 55.1. The summed E-state index contributed by atoms with van der Waals surface area (Å²) in [4.78, 5) is 27.0. The lowest BCUT2D eigenvalue weighted by Gasteiger charge is -2.31. The van der Waals surface area contributed by atoms with Crippen LogP contribution in [0.25, 0.3) is 0 Å². The van der Waals surface area contributed by atoms with Crippen molar-refractivity contribution in [3.05, 3.63) is 52.9 Å². The summed E-state index contributed by atoms with van der Waals surface area (Å²) in [5.74, 6) is -0.414. The van der Waals surface area contributed by atoms with Crippen LogP contribution in [0.2, 0.25) is 0 Å². The van der Waals surface area contributed by atoms with Crippen LogP contribution >= 0.6 is 0 Å². The van der Waals surface area contributed by atoms with Crippen molar-refractivity contribution in [1.29, 1.82) is 0 Å². The quantitative estimate of drug-likeness (QED) is 0.442. The number of carbonyl (C=O) groups excluding carboxylic acids is 1. The monoisotopic (exact) mass is 551 g/mol. The van der Waals surface area contributed by atoms with E-state index in [2.05, 4.69) is 25.2 Å². The van der Waals surface area contributed by atoms with Crippen LogP contribution in [0, 0.1) is 12.7 Å². The maximum absolute atomic E-state index is 13.6. The summed E-state index contributed by atoms with van der Waals surface area (Å²) in [5.41, 5.74) is 1.86. The van der Waals surface area contributed by atoms with Gasteiger partial charge in [-0.05, 0) is 37.1 Å². The summed E-state index contributed by atoms with van der Waals surface area (Å²) in [5, 5.41) is 6.92. The zero-order chi connectivity index (χ0) is 27.3. The summed E-state index contributed by atoms with van der Waals surface area (Å²) in [7, 11) is -1.87. The highest BCUT2D eigenvalue weighted by atomic mass is 32.2. The minimum absolute atomic E-state index is 0.0949. The molecule has 1 aromatic heterocycles. The lowest BCUT2D eigenvalue weighted by molar-refractivity contribution is -0.171. The third kappa shape index (κ3) is 7.43. The predicted molar refractivity (Wildman–Crippen MR) is 134 cm³/mol. The van der Waals surface area contributed by atoms with E-state index in [1.165, 1.54) is 19.2 Å². The van der Waals surface area contributed by atoms with E-state index < -0.39 is 21.7 Å². The summed E-state index contributed by atoms with van der Waals surface area (Å²) in [6.45, 7) is 2.69. The first-order valence-corrected chi connectivity index (χ1v) is 13.9. The molecule has 0 bridgehead atoms. The van der Waals surface area contributed by atoms with Gasteiger partial charge in [-0.3, -0.25) is 4.79 Å². The number of ether oxygens (including phenoxy) is 3. The minimum Gasteiger partial charge on any atom is -0.494 e. The van der Waals surface area contributed by atoms with E-state index in [0.29, 0.717) is 42.2 Å². The van der Waals surface area contributed by atoms with Gasteiger partial charge in [-0.2, -0.15) is 0 Å². The molecule has 2 aliphatic heterocycles. The predicted octanol–water partition coefficient (Wildman–Crippen LogP) is 1.08. The highest BCUT2D eigenvalue weighted by Gasteiger charge is 2.35. The Labute approximate surface area is 220 Å². The van der Waals surface area contributed by atoms with Crippen molar-refractivity contribution in [3.63, 3.8) is 0 Å². The SMILES string of the molecule is COc1cc(CNC(=O)c2cc(C3=NO[C@H]([C@H]4CO[C@H](CCNS(C)(=O)=O)CO4)C3)nc(C)n2)ccc1F. The molecule has 3 atom stereocenters. The van der Waals surface area contributed by atoms with Crippen LogP contribution in [0.4, 0.5) is 4.39 Å². The maximum atomic E-state index is 13.6. The Morgan fingerprint density at radius 3 is 2.71 bits per heavy atom. The Kier molecular flexibility index (Phi) is 8.87. The van der Waals surface area contributed by atoms with Crippen molar-refractivity contribution in [2.75, 3.05) is 33.1 Å². The smallest absolute Gasteiger partial charge is 0.270 e. The highest BCUT2D eigenvalue weighted by Crippen LogP contribution is 2.24. The molecule has 1 fully saturated rings. The first kappa shape index (κ1) is 27.8. The minimum atomic E-state index is -3.25. The molecule has 2 aromatic rings. The summed E-state index contributed by atoms with van der Waals surface area (Å²) in [6.07, 6.45) is 1.04. The molecular weight excluding hydrogens is 521 g/mol. The van der Waals surface area contributed by atoms with E-state index in [4.69, 9.17) is 19.0 Å². The molecule has 2 N–H and O–H groups in total. The van der Waals surface area contributed by atoms with Gasteiger partial charge in [-0.25, -0.2) is 27.5 Å². The fraction of sp³-hybridized carbons (Fsp3) is 0.500. The van der Waals surface area contributed by atoms with E-state index >= 15 is 0 Å². The lowest BCUT2D eigenvalue weighted by atomic mass is 10.0. The van der Waals surface area contributed by atoms with Crippen molar-refractivity contribution in [1.82, 2.24) is 20.0 Å². The number of sulfonamides is 1. The molecule has 14 heteroatoms. The van der Waals surface area contributed by atoms with Gasteiger partial charge < -0.3 is 24.4 Å². The molecule has 0 radical (unpaired) electrons. The maximum Gasteiger partial charge on any atom is 0.270 e. The number of amides is 1. The number of aryl methyl sites for hydroxylation is 1. The Morgan fingerprint density at radius 2 is 2.00 bits per heavy atom. The zero-order valence-corrected chi connectivity index (χ0v) is 22.1. The number of aromatic nitrogens is 2.